The van der Waals surface area contributed by atoms with Gasteiger partial charge in [-0.25, -0.2) is 9.97 Å². The van der Waals surface area contributed by atoms with E-state index in [1.807, 2.05) is 29.7 Å². The Hall–Kier alpha value is -1.55. The Morgan fingerprint density at radius 1 is 1.38 bits per heavy atom. The summed E-state index contributed by atoms with van der Waals surface area (Å²) < 4.78 is 1.94. The first kappa shape index (κ1) is 9.66. The van der Waals surface area contributed by atoms with Crippen molar-refractivity contribution in [3.8, 4) is 0 Å². The van der Waals surface area contributed by atoms with Crippen LogP contribution in [0.2, 0.25) is 5.15 Å². The van der Waals surface area contributed by atoms with E-state index in [-0.39, 0.29) is 0 Å². The average Bonchev–Trinajstić information content (AvgIpc) is 2.62. The molecule has 3 rings (SSSR count). The summed E-state index contributed by atoms with van der Waals surface area (Å²) in [5, 5.41) is 1.41. The van der Waals surface area contributed by atoms with Gasteiger partial charge in [0, 0.05) is 23.8 Å². The van der Waals surface area contributed by atoms with Crippen LogP contribution in [0.1, 0.15) is 5.69 Å². The predicted molar refractivity (Wildman–Crippen MR) is 65.6 cm³/mol. The van der Waals surface area contributed by atoms with Gasteiger partial charge in [0.1, 0.15) is 18.6 Å². The normalized spacial score (nSPS) is 11.4. The number of halogens is 1. The lowest BCUT2D eigenvalue weighted by atomic mass is 9.96. The molecule has 76 valence electrons. The minimum Gasteiger partial charge on any atom is -0.300 e. The summed E-state index contributed by atoms with van der Waals surface area (Å²) in [7, 11) is 5.93. The van der Waals surface area contributed by atoms with E-state index in [1.54, 1.807) is 6.20 Å². The molecule has 2 radical (unpaired) electrons. The lowest BCUT2D eigenvalue weighted by molar-refractivity contribution is 1.24. The third-order valence-corrected chi connectivity index (χ3v) is 2.74. The van der Waals surface area contributed by atoms with Gasteiger partial charge in [-0.1, -0.05) is 23.1 Å². The molecule has 0 fully saturated rings. The summed E-state index contributed by atoms with van der Waals surface area (Å²) in [6.45, 7) is 1.93. The summed E-state index contributed by atoms with van der Waals surface area (Å²) in [6, 6.07) is 3.67. The molecule has 3 heterocycles. The monoisotopic (exact) mass is 227 g/mol. The lowest BCUT2D eigenvalue weighted by Gasteiger charge is -2.04. The molecule has 16 heavy (non-hydrogen) atoms. The number of hydrogen-bond donors (Lipinski definition) is 0. The Labute approximate surface area is 98.5 Å². The number of hydrogen-bond acceptors (Lipinski definition) is 2. The fourth-order valence-electron chi connectivity index (χ4n) is 1.87. The van der Waals surface area contributed by atoms with Gasteiger partial charge in [0.2, 0.25) is 0 Å². The SMILES string of the molecule is [B]c1cc2cnc(Cl)cc2n2cc(C)nc12. The number of aromatic nitrogens is 3. The van der Waals surface area contributed by atoms with Gasteiger partial charge in [-0.2, -0.15) is 0 Å². The molecule has 3 aromatic heterocycles. The minimum atomic E-state index is 0.463. The van der Waals surface area contributed by atoms with Crippen molar-refractivity contribution in [2.45, 2.75) is 6.92 Å². The Bertz CT molecular complexity index is 705. The fourth-order valence-corrected chi connectivity index (χ4v) is 2.02. The highest BCUT2D eigenvalue weighted by molar-refractivity contribution is 6.37. The molecule has 0 spiro atoms. The Balaban J connectivity index is 2.59. The quantitative estimate of drug-likeness (QED) is 0.432. The first-order chi connectivity index (χ1) is 7.65. The van der Waals surface area contributed by atoms with Crippen molar-refractivity contribution in [3.63, 3.8) is 0 Å². The minimum absolute atomic E-state index is 0.463. The first-order valence-corrected chi connectivity index (χ1v) is 5.22. The molecular weight excluding hydrogens is 220 g/mol. The molecule has 0 saturated heterocycles. The molecule has 0 amide bonds. The maximum Gasteiger partial charge on any atom is 0.131 e. The molecule has 0 saturated carbocycles. The Morgan fingerprint density at radius 2 is 2.19 bits per heavy atom. The molecule has 3 nitrogen and oxygen atoms in total. The second kappa shape index (κ2) is 3.22. The average molecular weight is 227 g/mol. The van der Waals surface area contributed by atoms with Crippen LogP contribution in [0.25, 0.3) is 16.6 Å². The van der Waals surface area contributed by atoms with Crippen molar-refractivity contribution in [2.24, 2.45) is 0 Å². The van der Waals surface area contributed by atoms with E-state index >= 15 is 0 Å². The van der Waals surface area contributed by atoms with Crippen LogP contribution < -0.4 is 5.46 Å². The fraction of sp³-hybridized carbons (Fsp3) is 0.0909. The van der Waals surface area contributed by atoms with Crippen molar-refractivity contribution in [3.05, 3.63) is 35.4 Å². The molecule has 0 bridgehead atoms. The van der Waals surface area contributed by atoms with Crippen LogP contribution in [0, 0.1) is 6.92 Å². The number of nitrogens with zero attached hydrogens (tertiary/aromatic N) is 3. The maximum atomic E-state index is 5.93. The summed E-state index contributed by atoms with van der Waals surface area (Å²) in [6.07, 6.45) is 3.65. The zero-order chi connectivity index (χ0) is 11.3. The summed E-state index contributed by atoms with van der Waals surface area (Å²) in [4.78, 5) is 8.41. The molecule has 0 N–H and O–H groups in total. The zero-order valence-electron chi connectivity index (χ0n) is 8.61. The first-order valence-electron chi connectivity index (χ1n) is 4.84. The van der Waals surface area contributed by atoms with Crippen molar-refractivity contribution in [2.75, 3.05) is 0 Å². The molecular formula is C11H7BClN3. The topological polar surface area (TPSA) is 30.2 Å². The number of rotatable bonds is 0. The van der Waals surface area contributed by atoms with Crippen molar-refractivity contribution in [1.29, 1.82) is 0 Å². The van der Waals surface area contributed by atoms with Gasteiger partial charge < -0.3 is 0 Å². The number of imidazole rings is 1. The van der Waals surface area contributed by atoms with E-state index in [9.17, 15) is 0 Å². The van der Waals surface area contributed by atoms with Crippen LogP contribution in [-0.4, -0.2) is 22.2 Å². The Morgan fingerprint density at radius 3 is 3.00 bits per heavy atom. The smallest absolute Gasteiger partial charge is 0.131 e. The lowest BCUT2D eigenvalue weighted by Crippen LogP contribution is -2.08. The molecule has 0 aliphatic heterocycles. The van der Waals surface area contributed by atoms with Gasteiger partial charge in [-0.3, -0.25) is 4.40 Å². The molecule has 0 atom stereocenters. The summed E-state index contributed by atoms with van der Waals surface area (Å²) in [5.41, 5.74) is 3.29. The van der Waals surface area contributed by atoms with Gasteiger partial charge in [0.15, 0.2) is 0 Å². The standard InChI is InChI=1S/C11H7BClN3/c1-6-5-16-9-3-10(13)14-4-7(9)2-8(12)11(16)15-6/h2-5H,1H3. The van der Waals surface area contributed by atoms with Crippen LogP contribution in [0.3, 0.4) is 0 Å². The van der Waals surface area contributed by atoms with Crippen LogP contribution in [-0.2, 0) is 0 Å². The third-order valence-electron chi connectivity index (χ3n) is 2.53. The van der Waals surface area contributed by atoms with E-state index < -0.39 is 0 Å². The van der Waals surface area contributed by atoms with Gasteiger partial charge in [0.25, 0.3) is 0 Å². The predicted octanol–water partition coefficient (Wildman–Crippen LogP) is 1.64. The van der Waals surface area contributed by atoms with E-state index in [4.69, 9.17) is 19.4 Å². The van der Waals surface area contributed by atoms with Crippen molar-refractivity contribution in [1.82, 2.24) is 14.4 Å². The molecule has 0 aliphatic rings. The van der Waals surface area contributed by atoms with Crippen LogP contribution in [0.15, 0.2) is 24.5 Å². The Kier molecular flexibility index (Phi) is 1.95. The van der Waals surface area contributed by atoms with Gasteiger partial charge in [0.05, 0.1) is 11.2 Å². The highest BCUT2D eigenvalue weighted by atomic mass is 35.5. The number of aryl methyl sites for hydroxylation is 1. The third kappa shape index (κ3) is 1.30. The highest BCUT2D eigenvalue weighted by Gasteiger charge is 2.06. The second-order valence-corrected chi connectivity index (χ2v) is 4.13. The van der Waals surface area contributed by atoms with Gasteiger partial charge >= 0.3 is 0 Å². The second-order valence-electron chi connectivity index (χ2n) is 3.74. The van der Waals surface area contributed by atoms with Crippen LogP contribution >= 0.6 is 11.6 Å². The molecule has 0 unspecified atom stereocenters. The summed E-state index contributed by atoms with van der Waals surface area (Å²) >= 11 is 5.89. The van der Waals surface area contributed by atoms with Crippen molar-refractivity contribution >= 4 is 41.5 Å². The molecule has 3 aromatic rings. The number of pyridine rings is 2. The zero-order valence-corrected chi connectivity index (χ0v) is 9.36. The summed E-state index contributed by atoms with van der Waals surface area (Å²) in [5.74, 6) is 0. The molecule has 5 heteroatoms. The molecule has 0 aliphatic carbocycles. The van der Waals surface area contributed by atoms with E-state index in [0.29, 0.717) is 10.6 Å². The van der Waals surface area contributed by atoms with Crippen LogP contribution in [0.5, 0.6) is 0 Å². The van der Waals surface area contributed by atoms with Crippen molar-refractivity contribution < 1.29 is 0 Å². The van der Waals surface area contributed by atoms with Crippen LogP contribution in [0.4, 0.5) is 0 Å². The number of fused-ring (bicyclic) bond motifs is 3. The highest BCUT2D eigenvalue weighted by Crippen LogP contribution is 2.18. The van der Waals surface area contributed by atoms with E-state index in [0.717, 1.165) is 22.2 Å². The maximum absolute atomic E-state index is 5.93. The largest absolute Gasteiger partial charge is 0.300 e. The van der Waals surface area contributed by atoms with E-state index in [1.165, 1.54) is 0 Å². The molecule has 0 aromatic carbocycles. The van der Waals surface area contributed by atoms with Gasteiger partial charge in [-0.05, 0) is 6.92 Å². The van der Waals surface area contributed by atoms with Gasteiger partial charge in [-0.15, -0.1) is 0 Å². The van der Waals surface area contributed by atoms with E-state index in [2.05, 4.69) is 9.97 Å².